The zero-order valence-electron chi connectivity index (χ0n) is 20.4. The smallest absolute Gasteiger partial charge is 0.252 e. The van der Waals surface area contributed by atoms with Crippen LogP contribution in [0.4, 0.5) is 5.13 Å². The first-order valence-electron chi connectivity index (χ1n) is 12.3. The number of thiazole rings is 1. The molecule has 2 aromatic heterocycles. The maximum atomic E-state index is 13.9. The third kappa shape index (κ3) is 5.21. The van der Waals surface area contributed by atoms with Gasteiger partial charge in [0.15, 0.2) is 5.13 Å². The molecule has 1 atom stereocenters. The van der Waals surface area contributed by atoms with E-state index in [9.17, 15) is 13.2 Å². The van der Waals surface area contributed by atoms with Crippen LogP contribution in [0.3, 0.4) is 0 Å². The van der Waals surface area contributed by atoms with Gasteiger partial charge in [-0.1, -0.05) is 48.9 Å². The Morgan fingerprint density at radius 2 is 1.97 bits per heavy atom. The van der Waals surface area contributed by atoms with Gasteiger partial charge in [-0.25, -0.2) is 13.4 Å². The van der Waals surface area contributed by atoms with E-state index in [1.807, 2.05) is 6.07 Å². The Balaban J connectivity index is 1.37. The zero-order valence-corrected chi connectivity index (χ0v) is 23.6. The van der Waals surface area contributed by atoms with Crippen molar-refractivity contribution in [2.24, 2.45) is 5.92 Å². The molecule has 0 aliphatic carbocycles. The van der Waals surface area contributed by atoms with Gasteiger partial charge >= 0.3 is 0 Å². The molecule has 11 heteroatoms. The molecule has 5 rings (SSSR count). The van der Waals surface area contributed by atoms with E-state index in [1.54, 1.807) is 17.0 Å². The minimum absolute atomic E-state index is 0.00502. The quantitative estimate of drug-likeness (QED) is 0.363. The number of para-hydroxylation sites is 1. The molecule has 0 radical (unpaired) electrons. The van der Waals surface area contributed by atoms with Crippen LogP contribution in [-0.4, -0.2) is 56.0 Å². The van der Waals surface area contributed by atoms with Gasteiger partial charge < -0.3 is 4.74 Å². The molecule has 36 heavy (non-hydrogen) atoms. The molecular formula is C25H30ClN3O4S3. The van der Waals surface area contributed by atoms with Crippen molar-refractivity contribution in [2.75, 3.05) is 31.1 Å². The molecule has 2 saturated heterocycles. The van der Waals surface area contributed by atoms with Crippen molar-refractivity contribution in [2.45, 2.75) is 55.8 Å². The number of hydrogen-bond donors (Lipinski definition) is 0. The fourth-order valence-corrected chi connectivity index (χ4v) is 9.04. The minimum Gasteiger partial charge on any atom is -0.376 e. The number of ether oxygens (including phenoxy) is 1. The summed E-state index contributed by atoms with van der Waals surface area (Å²) in [5.41, 5.74) is 2.12. The maximum absolute atomic E-state index is 13.9. The molecule has 1 amide bonds. The number of carbonyl (C=O) groups excluding carboxylic acids is 1. The van der Waals surface area contributed by atoms with Gasteiger partial charge in [0.25, 0.3) is 10.0 Å². The van der Waals surface area contributed by atoms with Gasteiger partial charge in [0.05, 0.1) is 27.2 Å². The van der Waals surface area contributed by atoms with Crippen molar-refractivity contribution in [3.05, 3.63) is 40.2 Å². The first-order valence-corrected chi connectivity index (χ1v) is 15.8. The normalized spacial score (nSPS) is 19.9. The van der Waals surface area contributed by atoms with Crippen molar-refractivity contribution in [1.29, 1.82) is 0 Å². The van der Waals surface area contributed by atoms with Crippen LogP contribution in [0.1, 0.15) is 51.0 Å². The number of rotatable bonds is 7. The molecule has 0 N–H and O–H groups in total. The second kappa shape index (κ2) is 10.7. The van der Waals surface area contributed by atoms with Crippen molar-refractivity contribution >= 4 is 65.6 Å². The standard InChI is InChI=1S/C25H30ClN3O4S3/c1-16(2)19-6-3-7-20-23(19)27-25(34-20)29(15-18-5-4-14-33-18)24(30)17-10-12-28(13-11-17)36(31,32)22-9-8-21(26)35-22/h3,6-9,16-18H,4-5,10-15H2,1-2H3. The number of benzene rings is 1. The Morgan fingerprint density at radius 3 is 2.61 bits per heavy atom. The highest BCUT2D eigenvalue weighted by Crippen LogP contribution is 2.36. The van der Waals surface area contributed by atoms with E-state index < -0.39 is 10.0 Å². The topological polar surface area (TPSA) is 79.8 Å². The number of halogens is 1. The molecule has 3 aromatic rings. The van der Waals surface area contributed by atoms with E-state index in [1.165, 1.54) is 21.2 Å². The van der Waals surface area contributed by atoms with Crippen LogP contribution in [0.25, 0.3) is 10.2 Å². The maximum Gasteiger partial charge on any atom is 0.252 e. The van der Waals surface area contributed by atoms with Gasteiger partial charge in [0.1, 0.15) is 4.21 Å². The van der Waals surface area contributed by atoms with E-state index in [0.29, 0.717) is 54.5 Å². The Labute approximate surface area is 225 Å². The van der Waals surface area contributed by atoms with E-state index in [-0.39, 0.29) is 22.1 Å². The highest BCUT2D eigenvalue weighted by atomic mass is 35.5. The van der Waals surface area contributed by atoms with Crippen molar-refractivity contribution in [1.82, 2.24) is 9.29 Å². The lowest BCUT2D eigenvalue weighted by Gasteiger charge is -2.33. The molecule has 194 valence electrons. The minimum atomic E-state index is -3.60. The van der Waals surface area contributed by atoms with Crippen LogP contribution in [0.2, 0.25) is 4.34 Å². The van der Waals surface area contributed by atoms with E-state index in [4.69, 9.17) is 21.3 Å². The molecule has 2 aliphatic rings. The summed E-state index contributed by atoms with van der Waals surface area (Å²) in [7, 11) is -3.60. The van der Waals surface area contributed by atoms with E-state index in [2.05, 4.69) is 26.0 Å². The Kier molecular flexibility index (Phi) is 7.72. The summed E-state index contributed by atoms with van der Waals surface area (Å²) in [6.45, 7) is 6.09. The summed E-state index contributed by atoms with van der Waals surface area (Å²) >= 11 is 8.56. The van der Waals surface area contributed by atoms with Gasteiger partial charge in [-0.05, 0) is 55.4 Å². The van der Waals surface area contributed by atoms with Crippen LogP contribution < -0.4 is 4.90 Å². The number of fused-ring (bicyclic) bond motifs is 1. The predicted molar refractivity (Wildman–Crippen MR) is 146 cm³/mol. The lowest BCUT2D eigenvalue weighted by molar-refractivity contribution is -0.123. The summed E-state index contributed by atoms with van der Waals surface area (Å²) in [5.74, 6) is 0.0729. The number of piperidine rings is 1. The van der Waals surface area contributed by atoms with E-state index in [0.717, 1.165) is 34.4 Å². The molecule has 0 bridgehead atoms. The summed E-state index contributed by atoms with van der Waals surface area (Å²) in [5, 5.41) is 0.696. The highest BCUT2D eigenvalue weighted by Gasteiger charge is 2.36. The first-order chi connectivity index (χ1) is 17.2. The van der Waals surface area contributed by atoms with Gasteiger partial charge in [-0.2, -0.15) is 4.31 Å². The largest absolute Gasteiger partial charge is 0.376 e. The zero-order chi connectivity index (χ0) is 25.4. The van der Waals surface area contributed by atoms with E-state index >= 15 is 0 Å². The number of aromatic nitrogens is 1. The number of nitrogens with zero attached hydrogens (tertiary/aromatic N) is 3. The Morgan fingerprint density at radius 1 is 1.19 bits per heavy atom. The monoisotopic (exact) mass is 567 g/mol. The van der Waals surface area contributed by atoms with Gasteiger partial charge in [-0.3, -0.25) is 9.69 Å². The Bertz CT molecular complexity index is 1340. The molecule has 1 aromatic carbocycles. The summed E-state index contributed by atoms with van der Waals surface area (Å²) in [6.07, 6.45) is 2.86. The van der Waals surface area contributed by atoms with Crippen LogP contribution >= 0.6 is 34.3 Å². The number of hydrogen-bond acceptors (Lipinski definition) is 7. The van der Waals surface area contributed by atoms with Crippen LogP contribution in [-0.2, 0) is 19.6 Å². The van der Waals surface area contributed by atoms with Crippen LogP contribution in [0, 0.1) is 5.92 Å². The van der Waals surface area contributed by atoms with Crippen LogP contribution in [0.15, 0.2) is 34.5 Å². The molecule has 2 fully saturated rings. The van der Waals surface area contributed by atoms with Crippen molar-refractivity contribution in [3.8, 4) is 0 Å². The molecule has 4 heterocycles. The van der Waals surface area contributed by atoms with Crippen molar-refractivity contribution in [3.63, 3.8) is 0 Å². The number of carbonyl (C=O) groups is 1. The van der Waals surface area contributed by atoms with Gasteiger partial charge in [-0.15, -0.1) is 11.3 Å². The Hall–Kier alpha value is -1.56. The lowest BCUT2D eigenvalue weighted by atomic mass is 9.96. The molecule has 1 unspecified atom stereocenters. The number of anilines is 1. The summed E-state index contributed by atoms with van der Waals surface area (Å²) in [4.78, 5) is 20.6. The fourth-order valence-electron chi connectivity index (χ4n) is 4.92. The second-order valence-corrected chi connectivity index (χ2v) is 14.6. The van der Waals surface area contributed by atoms with Crippen molar-refractivity contribution < 1.29 is 17.9 Å². The third-order valence-corrected chi connectivity index (χ3v) is 11.6. The fraction of sp³-hybridized carbons (Fsp3) is 0.520. The molecule has 7 nitrogen and oxygen atoms in total. The predicted octanol–water partition coefficient (Wildman–Crippen LogP) is 5.75. The second-order valence-electron chi connectivity index (χ2n) is 9.67. The summed E-state index contributed by atoms with van der Waals surface area (Å²) < 4.78 is 35.1. The SMILES string of the molecule is CC(C)c1cccc2sc(N(CC3CCCO3)C(=O)C3CCN(S(=O)(=O)c4ccc(Cl)s4)CC3)nc12. The number of amides is 1. The molecule has 0 spiro atoms. The summed E-state index contributed by atoms with van der Waals surface area (Å²) in [6, 6.07) is 9.34. The van der Waals surface area contributed by atoms with Crippen LogP contribution in [0.5, 0.6) is 0 Å². The van der Waals surface area contributed by atoms with Gasteiger partial charge in [0.2, 0.25) is 5.91 Å². The number of thiophene rings is 1. The molecule has 2 aliphatic heterocycles. The van der Waals surface area contributed by atoms with Gasteiger partial charge in [0, 0.05) is 25.6 Å². The average Bonchev–Trinajstić information content (AvgIpc) is 3.62. The first kappa shape index (κ1) is 26.1. The molecule has 0 saturated carbocycles. The highest BCUT2D eigenvalue weighted by molar-refractivity contribution is 7.91. The third-order valence-electron chi connectivity index (χ3n) is 6.91. The lowest BCUT2D eigenvalue weighted by Crippen LogP contribution is -2.46. The molecular weight excluding hydrogens is 538 g/mol. The average molecular weight is 568 g/mol. The number of sulfonamides is 1.